The van der Waals surface area contributed by atoms with Crippen LogP contribution in [-0.4, -0.2) is 36.2 Å². The van der Waals surface area contributed by atoms with Crippen molar-refractivity contribution in [1.82, 2.24) is 4.90 Å². The van der Waals surface area contributed by atoms with Crippen LogP contribution in [0.3, 0.4) is 0 Å². The van der Waals surface area contributed by atoms with Crippen molar-refractivity contribution in [3.63, 3.8) is 0 Å². The summed E-state index contributed by atoms with van der Waals surface area (Å²) in [5.74, 6) is -1.25. The van der Waals surface area contributed by atoms with Gasteiger partial charge in [0.05, 0.1) is 13.0 Å². The van der Waals surface area contributed by atoms with E-state index in [1.165, 1.54) is 7.11 Å². The first-order valence-electron chi connectivity index (χ1n) is 5.38. The average Bonchev–Trinajstić information content (AvgIpc) is 2.24. The third-order valence-electron chi connectivity index (χ3n) is 2.96. The minimum absolute atomic E-state index is 0.220. The van der Waals surface area contributed by atoms with Gasteiger partial charge in [0.2, 0.25) is 0 Å². The van der Waals surface area contributed by atoms with Gasteiger partial charge in [-0.2, -0.15) is 0 Å². The van der Waals surface area contributed by atoms with Gasteiger partial charge in [0, 0.05) is 25.2 Å². The molecule has 0 amide bonds. The standard InChI is InChI=1S/C12H14FNO3/c1-17-10-4-2-3-8(11(10)13)5-14-6-9(7-14)12(15)16/h2-4,9H,5-7H2,1H3,(H,15,16). The lowest BCUT2D eigenvalue weighted by Crippen LogP contribution is -2.49. The van der Waals surface area contributed by atoms with E-state index in [0.717, 1.165) is 0 Å². The van der Waals surface area contributed by atoms with Gasteiger partial charge in [-0.1, -0.05) is 12.1 Å². The van der Waals surface area contributed by atoms with E-state index in [4.69, 9.17) is 9.84 Å². The summed E-state index contributed by atoms with van der Waals surface area (Å²) < 4.78 is 18.7. The summed E-state index contributed by atoms with van der Waals surface area (Å²) in [6.45, 7) is 1.38. The summed E-state index contributed by atoms with van der Waals surface area (Å²) in [4.78, 5) is 12.5. The van der Waals surface area contributed by atoms with Crippen molar-refractivity contribution < 1.29 is 19.0 Å². The van der Waals surface area contributed by atoms with Crippen LogP contribution in [0.15, 0.2) is 18.2 Å². The molecule has 1 aromatic carbocycles. The summed E-state index contributed by atoms with van der Waals surface area (Å²) in [5.41, 5.74) is 0.535. The van der Waals surface area contributed by atoms with E-state index >= 15 is 0 Å². The monoisotopic (exact) mass is 239 g/mol. The van der Waals surface area contributed by atoms with Crippen molar-refractivity contribution in [1.29, 1.82) is 0 Å². The molecule has 0 unspecified atom stereocenters. The van der Waals surface area contributed by atoms with E-state index in [-0.39, 0.29) is 17.5 Å². The van der Waals surface area contributed by atoms with Crippen LogP contribution in [0.5, 0.6) is 5.75 Å². The molecular formula is C12H14FNO3. The molecule has 0 spiro atoms. The van der Waals surface area contributed by atoms with Gasteiger partial charge in [-0.05, 0) is 6.07 Å². The molecule has 0 atom stereocenters. The normalized spacial score (nSPS) is 16.6. The number of methoxy groups -OCH3 is 1. The van der Waals surface area contributed by atoms with Gasteiger partial charge in [-0.3, -0.25) is 9.69 Å². The first kappa shape index (κ1) is 11.9. The van der Waals surface area contributed by atoms with E-state index in [2.05, 4.69) is 0 Å². The van der Waals surface area contributed by atoms with Gasteiger partial charge in [-0.25, -0.2) is 4.39 Å². The number of rotatable bonds is 4. The van der Waals surface area contributed by atoms with Crippen LogP contribution in [0, 0.1) is 11.7 Å². The predicted octanol–water partition coefficient (Wildman–Crippen LogP) is 1.35. The number of hydrogen-bond donors (Lipinski definition) is 1. The maximum Gasteiger partial charge on any atom is 0.309 e. The predicted molar refractivity (Wildman–Crippen MR) is 59.4 cm³/mol. The maximum absolute atomic E-state index is 13.8. The zero-order valence-electron chi connectivity index (χ0n) is 9.52. The highest BCUT2D eigenvalue weighted by molar-refractivity contribution is 5.71. The molecule has 0 aromatic heterocycles. The Morgan fingerprint density at radius 3 is 2.88 bits per heavy atom. The fourth-order valence-electron chi connectivity index (χ4n) is 1.93. The topological polar surface area (TPSA) is 49.8 Å². The Bertz CT molecular complexity index is 430. The van der Waals surface area contributed by atoms with Crippen molar-refractivity contribution in [2.45, 2.75) is 6.54 Å². The Hall–Kier alpha value is -1.62. The molecule has 0 bridgehead atoms. The van der Waals surface area contributed by atoms with Crippen LogP contribution < -0.4 is 4.74 Å². The van der Waals surface area contributed by atoms with Gasteiger partial charge in [-0.15, -0.1) is 0 Å². The second kappa shape index (κ2) is 4.71. The lowest BCUT2D eigenvalue weighted by Gasteiger charge is -2.36. The molecule has 92 valence electrons. The van der Waals surface area contributed by atoms with E-state index < -0.39 is 5.97 Å². The van der Waals surface area contributed by atoms with Crippen molar-refractivity contribution in [3.05, 3.63) is 29.6 Å². The van der Waals surface area contributed by atoms with Gasteiger partial charge in [0.15, 0.2) is 11.6 Å². The average molecular weight is 239 g/mol. The number of carbonyl (C=O) groups is 1. The first-order chi connectivity index (χ1) is 8.11. The number of likely N-dealkylation sites (tertiary alicyclic amines) is 1. The summed E-state index contributed by atoms with van der Waals surface area (Å²) in [7, 11) is 1.42. The Balaban J connectivity index is 1.99. The molecule has 1 N–H and O–H groups in total. The Morgan fingerprint density at radius 2 is 2.29 bits per heavy atom. The third kappa shape index (κ3) is 2.39. The fraction of sp³-hybridized carbons (Fsp3) is 0.417. The zero-order chi connectivity index (χ0) is 12.4. The van der Waals surface area contributed by atoms with Crippen molar-refractivity contribution in [2.75, 3.05) is 20.2 Å². The van der Waals surface area contributed by atoms with Crippen LogP contribution in [0.2, 0.25) is 0 Å². The highest BCUT2D eigenvalue weighted by Crippen LogP contribution is 2.24. The van der Waals surface area contributed by atoms with Crippen molar-refractivity contribution in [3.8, 4) is 5.75 Å². The SMILES string of the molecule is COc1cccc(CN2CC(C(=O)O)C2)c1F. The molecule has 0 aliphatic carbocycles. The number of benzene rings is 1. The lowest BCUT2D eigenvalue weighted by atomic mass is 9.99. The summed E-state index contributed by atoms with van der Waals surface area (Å²) in [6, 6.07) is 4.98. The minimum Gasteiger partial charge on any atom is -0.494 e. The molecule has 1 heterocycles. The van der Waals surface area contributed by atoms with Gasteiger partial charge in [0.1, 0.15) is 0 Å². The number of carboxylic acids is 1. The second-order valence-corrected chi connectivity index (χ2v) is 4.16. The van der Waals surface area contributed by atoms with E-state index in [1.54, 1.807) is 18.2 Å². The Kier molecular flexibility index (Phi) is 3.28. The second-order valence-electron chi connectivity index (χ2n) is 4.16. The number of halogens is 1. The quantitative estimate of drug-likeness (QED) is 0.861. The summed E-state index contributed by atoms with van der Waals surface area (Å²) in [5, 5.41) is 8.73. The van der Waals surface area contributed by atoms with E-state index in [1.807, 2.05) is 4.90 Å². The van der Waals surface area contributed by atoms with Crippen molar-refractivity contribution >= 4 is 5.97 Å². The number of nitrogens with zero attached hydrogens (tertiary/aromatic N) is 1. The molecule has 0 saturated carbocycles. The smallest absolute Gasteiger partial charge is 0.309 e. The molecule has 0 radical (unpaired) electrons. The van der Waals surface area contributed by atoms with Crippen LogP contribution in [0.1, 0.15) is 5.56 Å². The number of aliphatic carboxylic acids is 1. The van der Waals surface area contributed by atoms with Gasteiger partial charge in [0.25, 0.3) is 0 Å². The third-order valence-corrected chi connectivity index (χ3v) is 2.96. The molecular weight excluding hydrogens is 225 g/mol. The molecule has 2 rings (SSSR count). The number of hydrogen-bond acceptors (Lipinski definition) is 3. The highest BCUT2D eigenvalue weighted by atomic mass is 19.1. The van der Waals surface area contributed by atoms with Gasteiger partial charge >= 0.3 is 5.97 Å². The van der Waals surface area contributed by atoms with Crippen LogP contribution in [0.25, 0.3) is 0 Å². The Labute approximate surface area is 98.6 Å². The number of ether oxygens (including phenoxy) is 1. The molecule has 1 aliphatic rings. The number of carboxylic acid groups (broad SMARTS) is 1. The summed E-state index contributed by atoms with van der Waals surface area (Å²) >= 11 is 0. The summed E-state index contributed by atoms with van der Waals surface area (Å²) in [6.07, 6.45) is 0. The van der Waals surface area contributed by atoms with Crippen molar-refractivity contribution in [2.24, 2.45) is 5.92 Å². The molecule has 17 heavy (non-hydrogen) atoms. The first-order valence-corrected chi connectivity index (χ1v) is 5.38. The van der Waals surface area contributed by atoms with Gasteiger partial charge < -0.3 is 9.84 Å². The molecule has 1 fully saturated rings. The maximum atomic E-state index is 13.8. The molecule has 1 aliphatic heterocycles. The molecule has 1 saturated heterocycles. The lowest BCUT2D eigenvalue weighted by molar-refractivity contribution is -0.147. The largest absolute Gasteiger partial charge is 0.494 e. The minimum atomic E-state index is -0.785. The Morgan fingerprint density at radius 1 is 1.59 bits per heavy atom. The van der Waals surface area contributed by atoms with Crippen LogP contribution in [-0.2, 0) is 11.3 Å². The molecule has 1 aromatic rings. The zero-order valence-corrected chi connectivity index (χ0v) is 9.52. The highest BCUT2D eigenvalue weighted by Gasteiger charge is 2.32. The molecule has 4 nitrogen and oxygen atoms in total. The molecule has 5 heteroatoms. The van der Waals surface area contributed by atoms with E-state index in [0.29, 0.717) is 25.2 Å². The van der Waals surface area contributed by atoms with Crippen LogP contribution in [0.4, 0.5) is 4.39 Å². The fourth-order valence-corrected chi connectivity index (χ4v) is 1.93. The van der Waals surface area contributed by atoms with E-state index in [9.17, 15) is 9.18 Å². The van der Waals surface area contributed by atoms with Crippen LogP contribution >= 0.6 is 0 Å².